The molecule has 2 aromatic carbocycles. The van der Waals surface area contributed by atoms with Gasteiger partial charge in [0.15, 0.2) is 16.7 Å². The number of aryl methyl sites for hydroxylation is 1. The molecule has 0 unspecified atom stereocenters. The maximum atomic E-state index is 12.5. The van der Waals surface area contributed by atoms with E-state index in [2.05, 4.69) is 15.5 Å². The number of rotatable bonds is 6. The van der Waals surface area contributed by atoms with E-state index in [1.807, 2.05) is 41.8 Å². The number of hydrogen-bond donors (Lipinski definition) is 1. The van der Waals surface area contributed by atoms with Crippen LogP contribution in [-0.4, -0.2) is 46.7 Å². The third kappa shape index (κ3) is 4.51. The highest BCUT2D eigenvalue weighted by molar-refractivity contribution is 7.99. The summed E-state index contributed by atoms with van der Waals surface area (Å²) in [6, 6.07) is 13.0. The Kier molecular flexibility index (Phi) is 6.08. The van der Waals surface area contributed by atoms with Crippen LogP contribution in [0, 0.1) is 6.92 Å². The monoisotopic (exact) mass is 426 g/mol. The SMILES string of the molecule is COc1ccc(-n2c(C)nnc2SCC(=O)Nc2ccc3c(c2)OCCCO3)cc1. The molecule has 9 heteroatoms. The Bertz CT molecular complexity index is 1040. The molecule has 8 nitrogen and oxygen atoms in total. The molecule has 0 bridgehead atoms. The van der Waals surface area contributed by atoms with Gasteiger partial charge in [-0.25, -0.2) is 0 Å². The number of aromatic nitrogens is 3. The van der Waals surface area contributed by atoms with Crippen molar-refractivity contribution in [2.45, 2.75) is 18.5 Å². The minimum absolute atomic E-state index is 0.142. The first-order valence-corrected chi connectivity index (χ1v) is 10.5. The van der Waals surface area contributed by atoms with E-state index in [1.54, 1.807) is 19.2 Å². The third-order valence-electron chi connectivity index (χ3n) is 4.49. The van der Waals surface area contributed by atoms with Gasteiger partial charge < -0.3 is 19.5 Å². The first-order valence-electron chi connectivity index (χ1n) is 9.53. The van der Waals surface area contributed by atoms with E-state index in [0.29, 0.717) is 35.6 Å². The van der Waals surface area contributed by atoms with Gasteiger partial charge in [0, 0.05) is 23.9 Å². The van der Waals surface area contributed by atoms with Crippen LogP contribution < -0.4 is 19.5 Å². The molecule has 1 amide bonds. The van der Waals surface area contributed by atoms with Crippen molar-refractivity contribution < 1.29 is 19.0 Å². The summed E-state index contributed by atoms with van der Waals surface area (Å²) in [7, 11) is 1.63. The highest BCUT2D eigenvalue weighted by Gasteiger charge is 2.15. The number of nitrogens with one attached hydrogen (secondary N) is 1. The van der Waals surface area contributed by atoms with Crippen molar-refractivity contribution >= 4 is 23.4 Å². The molecule has 0 saturated carbocycles. The van der Waals surface area contributed by atoms with E-state index in [1.165, 1.54) is 11.8 Å². The average molecular weight is 426 g/mol. The molecule has 0 spiro atoms. The van der Waals surface area contributed by atoms with Crippen LogP contribution in [-0.2, 0) is 4.79 Å². The second-order valence-corrected chi connectivity index (χ2v) is 7.55. The summed E-state index contributed by atoms with van der Waals surface area (Å²) in [5, 5.41) is 11.9. The molecule has 4 rings (SSSR count). The Labute approximate surface area is 178 Å². The number of nitrogens with zero attached hydrogens (tertiary/aromatic N) is 3. The molecule has 0 saturated heterocycles. The van der Waals surface area contributed by atoms with Crippen LogP contribution in [0.4, 0.5) is 5.69 Å². The summed E-state index contributed by atoms with van der Waals surface area (Å²) in [4.78, 5) is 12.5. The van der Waals surface area contributed by atoms with Crippen LogP contribution in [0.2, 0.25) is 0 Å². The van der Waals surface area contributed by atoms with Crippen LogP contribution in [0.25, 0.3) is 5.69 Å². The van der Waals surface area contributed by atoms with Crippen molar-refractivity contribution in [2.75, 3.05) is 31.4 Å². The quantitative estimate of drug-likeness (QED) is 0.604. The Morgan fingerprint density at radius 2 is 1.90 bits per heavy atom. The van der Waals surface area contributed by atoms with Gasteiger partial charge >= 0.3 is 0 Å². The molecule has 0 aliphatic carbocycles. The van der Waals surface area contributed by atoms with Gasteiger partial charge in [0.2, 0.25) is 5.91 Å². The van der Waals surface area contributed by atoms with Crippen LogP contribution in [0.5, 0.6) is 17.2 Å². The van der Waals surface area contributed by atoms with Crippen molar-refractivity contribution in [1.82, 2.24) is 14.8 Å². The normalized spacial score (nSPS) is 12.9. The lowest BCUT2D eigenvalue weighted by molar-refractivity contribution is -0.113. The van der Waals surface area contributed by atoms with E-state index >= 15 is 0 Å². The number of ether oxygens (including phenoxy) is 3. The van der Waals surface area contributed by atoms with Crippen molar-refractivity contribution in [3.8, 4) is 22.9 Å². The molecular weight excluding hydrogens is 404 g/mol. The Morgan fingerprint density at radius 1 is 1.13 bits per heavy atom. The highest BCUT2D eigenvalue weighted by atomic mass is 32.2. The predicted molar refractivity (Wildman–Crippen MR) is 114 cm³/mol. The van der Waals surface area contributed by atoms with Gasteiger partial charge in [0.25, 0.3) is 0 Å². The van der Waals surface area contributed by atoms with Gasteiger partial charge in [-0.1, -0.05) is 11.8 Å². The zero-order chi connectivity index (χ0) is 20.9. The molecule has 30 heavy (non-hydrogen) atoms. The third-order valence-corrected chi connectivity index (χ3v) is 5.42. The fraction of sp³-hybridized carbons (Fsp3) is 0.286. The molecule has 1 N–H and O–H groups in total. The molecule has 0 atom stereocenters. The number of fused-ring (bicyclic) bond motifs is 1. The number of hydrogen-bond acceptors (Lipinski definition) is 7. The number of thioether (sulfide) groups is 1. The van der Waals surface area contributed by atoms with Crippen molar-refractivity contribution in [3.63, 3.8) is 0 Å². The minimum atomic E-state index is -0.142. The molecule has 0 radical (unpaired) electrons. The molecule has 0 fully saturated rings. The summed E-state index contributed by atoms with van der Waals surface area (Å²) in [5.41, 5.74) is 1.57. The minimum Gasteiger partial charge on any atom is -0.497 e. The number of benzene rings is 2. The Balaban J connectivity index is 1.41. The van der Waals surface area contributed by atoms with Crippen molar-refractivity contribution in [3.05, 3.63) is 48.3 Å². The largest absolute Gasteiger partial charge is 0.497 e. The molecule has 3 aromatic rings. The number of carbonyl (C=O) groups is 1. The van der Waals surface area contributed by atoms with E-state index in [4.69, 9.17) is 14.2 Å². The second kappa shape index (κ2) is 9.08. The molecule has 2 heterocycles. The zero-order valence-electron chi connectivity index (χ0n) is 16.8. The molecule has 1 aromatic heterocycles. The van der Waals surface area contributed by atoms with Gasteiger partial charge in [-0.3, -0.25) is 9.36 Å². The average Bonchev–Trinajstić information content (AvgIpc) is 2.97. The molecule has 1 aliphatic rings. The topological polar surface area (TPSA) is 87.5 Å². The maximum Gasteiger partial charge on any atom is 0.234 e. The van der Waals surface area contributed by atoms with E-state index in [9.17, 15) is 4.79 Å². The molecule has 1 aliphatic heterocycles. The number of methoxy groups -OCH3 is 1. The fourth-order valence-corrected chi connectivity index (χ4v) is 3.83. The summed E-state index contributed by atoms with van der Waals surface area (Å²) >= 11 is 1.32. The summed E-state index contributed by atoms with van der Waals surface area (Å²) in [6.45, 7) is 3.10. The summed E-state index contributed by atoms with van der Waals surface area (Å²) < 4.78 is 18.4. The van der Waals surface area contributed by atoms with Gasteiger partial charge in [-0.15, -0.1) is 10.2 Å². The summed E-state index contributed by atoms with van der Waals surface area (Å²) in [6.07, 6.45) is 0.835. The first-order chi connectivity index (χ1) is 14.6. The van der Waals surface area contributed by atoms with Gasteiger partial charge in [0.05, 0.1) is 26.1 Å². The van der Waals surface area contributed by atoms with Gasteiger partial charge in [-0.05, 0) is 43.3 Å². The van der Waals surface area contributed by atoms with E-state index in [-0.39, 0.29) is 11.7 Å². The van der Waals surface area contributed by atoms with E-state index in [0.717, 1.165) is 23.7 Å². The smallest absolute Gasteiger partial charge is 0.234 e. The molecule has 156 valence electrons. The number of amides is 1. The second-order valence-electron chi connectivity index (χ2n) is 6.61. The van der Waals surface area contributed by atoms with Crippen LogP contribution in [0.3, 0.4) is 0 Å². The number of anilines is 1. The fourth-order valence-electron chi connectivity index (χ4n) is 3.03. The first kappa shape index (κ1) is 20.1. The van der Waals surface area contributed by atoms with Gasteiger partial charge in [-0.2, -0.15) is 0 Å². The predicted octanol–water partition coefficient (Wildman–Crippen LogP) is 3.48. The van der Waals surface area contributed by atoms with Crippen molar-refractivity contribution in [2.24, 2.45) is 0 Å². The lowest BCUT2D eigenvalue weighted by Gasteiger charge is -2.11. The Hall–Kier alpha value is -3.20. The van der Waals surface area contributed by atoms with Crippen LogP contribution in [0.15, 0.2) is 47.6 Å². The summed E-state index contributed by atoms with van der Waals surface area (Å²) in [5.74, 6) is 2.91. The zero-order valence-corrected chi connectivity index (χ0v) is 17.6. The van der Waals surface area contributed by atoms with Crippen molar-refractivity contribution in [1.29, 1.82) is 0 Å². The van der Waals surface area contributed by atoms with Crippen LogP contribution >= 0.6 is 11.8 Å². The van der Waals surface area contributed by atoms with Crippen LogP contribution in [0.1, 0.15) is 12.2 Å². The standard InChI is InChI=1S/C21H22N4O4S/c1-14-23-24-21(25(14)16-5-7-17(27-2)8-6-16)30-13-20(26)22-15-4-9-18-19(12-15)29-11-3-10-28-18/h4-9,12H,3,10-11,13H2,1-2H3,(H,22,26). The maximum absolute atomic E-state index is 12.5. The lowest BCUT2D eigenvalue weighted by atomic mass is 10.2. The lowest BCUT2D eigenvalue weighted by Crippen LogP contribution is -2.14. The molecular formula is C21H22N4O4S. The highest BCUT2D eigenvalue weighted by Crippen LogP contribution is 2.32. The number of carbonyl (C=O) groups excluding carboxylic acids is 1. The van der Waals surface area contributed by atoms with Gasteiger partial charge in [0.1, 0.15) is 11.6 Å². The Morgan fingerprint density at radius 3 is 2.67 bits per heavy atom. The van der Waals surface area contributed by atoms with E-state index < -0.39 is 0 Å².